The second-order valence-electron chi connectivity index (χ2n) is 8.22. The van der Waals surface area contributed by atoms with Gasteiger partial charge in [0.15, 0.2) is 0 Å². The quantitative estimate of drug-likeness (QED) is 0.295. The minimum Gasteiger partial charge on any atom is -0.677 e. The summed E-state index contributed by atoms with van der Waals surface area (Å²) in [6, 6.07) is 8.69. The van der Waals surface area contributed by atoms with Gasteiger partial charge in [0.05, 0.1) is 0 Å². The standard InChI is InChI=1S/C8H13Si.3C4H10N.Hf/c1-9(2,3)8-6-4-5-7-8;3*1-4(2)3-5;/h4-7H,1-3H3;3*4-5H,3H2,1-2H3;/q4*-1;+4. The Bertz CT molecular complexity index is 312. The van der Waals surface area contributed by atoms with Gasteiger partial charge in [-0.1, -0.05) is 78.9 Å². The van der Waals surface area contributed by atoms with Crippen LogP contribution in [0.4, 0.5) is 0 Å². The normalized spacial score (nSPS) is 10.0. The van der Waals surface area contributed by atoms with E-state index in [0.29, 0.717) is 37.4 Å². The molecule has 1 aromatic carbocycles. The first-order valence-corrected chi connectivity index (χ1v) is 12.6. The first kappa shape index (κ1) is 32.9. The van der Waals surface area contributed by atoms with Crippen molar-refractivity contribution in [2.45, 2.75) is 61.2 Å². The van der Waals surface area contributed by atoms with Gasteiger partial charge in [-0.15, -0.1) is 19.6 Å². The Morgan fingerprint density at radius 3 is 0.960 bits per heavy atom. The van der Waals surface area contributed by atoms with Crippen LogP contribution in [0.2, 0.25) is 19.6 Å². The fourth-order valence-corrected chi connectivity index (χ4v) is 2.07. The smallest absolute Gasteiger partial charge is 0.677 e. The molecule has 0 fully saturated rings. The van der Waals surface area contributed by atoms with Crippen LogP contribution in [0.5, 0.6) is 0 Å². The summed E-state index contributed by atoms with van der Waals surface area (Å²) in [5.41, 5.74) is 20.0. The zero-order valence-electron chi connectivity index (χ0n) is 18.2. The van der Waals surface area contributed by atoms with Crippen molar-refractivity contribution in [3.8, 4) is 0 Å². The van der Waals surface area contributed by atoms with Crippen molar-refractivity contribution in [2.24, 2.45) is 17.8 Å². The topological polar surface area (TPSA) is 71.4 Å². The minimum atomic E-state index is -0.981. The molecule has 0 aliphatic carbocycles. The Kier molecular flexibility index (Phi) is 27.2. The van der Waals surface area contributed by atoms with E-state index in [1.54, 1.807) is 5.19 Å². The van der Waals surface area contributed by atoms with Crippen LogP contribution < -0.4 is 5.19 Å². The van der Waals surface area contributed by atoms with Gasteiger partial charge in [-0.3, -0.25) is 0 Å². The Balaban J connectivity index is -0.000000122. The Morgan fingerprint density at radius 1 is 0.680 bits per heavy atom. The van der Waals surface area contributed by atoms with Crippen molar-refractivity contribution < 1.29 is 25.8 Å². The van der Waals surface area contributed by atoms with E-state index >= 15 is 0 Å². The zero-order chi connectivity index (χ0) is 19.8. The predicted octanol–water partition coefficient (Wildman–Crippen LogP) is 7.03. The average molecular weight is 532 g/mol. The summed E-state index contributed by atoms with van der Waals surface area (Å²) in [7, 11) is -0.981. The Labute approximate surface area is 178 Å². The molecule has 0 atom stereocenters. The molecule has 0 saturated heterocycles. The summed E-state index contributed by atoms with van der Waals surface area (Å²) in [4.78, 5) is 0. The average Bonchev–Trinajstić information content (AvgIpc) is 3.03. The van der Waals surface area contributed by atoms with Gasteiger partial charge < -0.3 is 17.2 Å². The molecule has 146 valence electrons. The molecule has 1 rings (SSSR count). The Morgan fingerprint density at radius 2 is 0.880 bits per heavy atom. The van der Waals surface area contributed by atoms with Crippen LogP contribution in [-0.4, -0.2) is 27.7 Å². The van der Waals surface area contributed by atoms with E-state index in [1.807, 2.05) is 41.5 Å². The van der Waals surface area contributed by atoms with Gasteiger partial charge in [-0.25, -0.2) is 12.1 Å². The monoisotopic (exact) mass is 533 g/mol. The van der Waals surface area contributed by atoms with E-state index in [0.717, 1.165) is 0 Å². The van der Waals surface area contributed by atoms with Gasteiger partial charge in [-0.05, 0) is 0 Å². The SMILES string of the molecule is CC(C)C[NH-].CC(C)C[NH-].CC(C)C[NH-].C[Si](C)(C)[c-]1cccc1.[Hf+4]. The number of rotatable bonds is 4. The maximum absolute atomic E-state index is 6.66. The number of nitrogens with one attached hydrogen (secondary N) is 3. The van der Waals surface area contributed by atoms with Gasteiger partial charge in [0.2, 0.25) is 0 Å². The fourth-order valence-electron chi connectivity index (χ4n) is 0.874. The van der Waals surface area contributed by atoms with Gasteiger partial charge in [0, 0.05) is 8.07 Å². The van der Waals surface area contributed by atoms with E-state index in [-0.39, 0.29) is 25.8 Å². The van der Waals surface area contributed by atoms with E-state index < -0.39 is 8.07 Å². The van der Waals surface area contributed by atoms with Gasteiger partial charge in [0.25, 0.3) is 0 Å². The summed E-state index contributed by atoms with van der Waals surface area (Å²) < 4.78 is 0. The third kappa shape index (κ3) is 32.5. The zero-order valence-corrected chi connectivity index (χ0v) is 22.8. The summed E-state index contributed by atoms with van der Waals surface area (Å²) in [6.45, 7) is 21.0. The van der Waals surface area contributed by atoms with Crippen molar-refractivity contribution in [3.63, 3.8) is 0 Å². The Hall–Kier alpha value is 0.317. The second-order valence-corrected chi connectivity index (χ2v) is 13.3. The third-order valence-electron chi connectivity index (χ3n) is 2.75. The molecule has 3 nitrogen and oxygen atoms in total. The number of hydrogen-bond acceptors (Lipinski definition) is 0. The summed E-state index contributed by atoms with van der Waals surface area (Å²) in [5, 5.41) is 1.56. The molecule has 0 aromatic heterocycles. The van der Waals surface area contributed by atoms with Crippen molar-refractivity contribution in [1.82, 2.24) is 0 Å². The predicted molar refractivity (Wildman–Crippen MR) is 117 cm³/mol. The van der Waals surface area contributed by atoms with Gasteiger partial charge >= 0.3 is 25.8 Å². The molecule has 25 heavy (non-hydrogen) atoms. The molecule has 0 spiro atoms. The van der Waals surface area contributed by atoms with Crippen molar-refractivity contribution in [1.29, 1.82) is 0 Å². The summed E-state index contributed by atoms with van der Waals surface area (Å²) in [5.74, 6) is 1.65. The van der Waals surface area contributed by atoms with E-state index in [1.165, 1.54) is 0 Å². The molecule has 0 radical (unpaired) electrons. The third-order valence-corrected chi connectivity index (χ3v) is 4.82. The van der Waals surface area contributed by atoms with Crippen molar-refractivity contribution in [2.75, 3.05) is 19.6 Å². The maximum atomic E-state index is 6.66. The van der Waals surface area contributed by atoms with Crippen LogP contribution in [0.3, 0.4) is 0 Å². The molecule has 0 bridgehead atoms. The molecule has 0 aliphatic heterocycles. The van der Waals surface area contributed by atoms with Crippen LogP contribution in [0.15, 0.2) is 24.3 Å². The van der Waals surface area contributed by atoms with E-state index in [2.05, 4.69) is 43.9 Å². The molecule has 0 unspecified atom stereocenters. The number of hydrogen-bond donors (Lipinski definition) is 0. The summed E-state index contributed by atoms with van der Waals surface area (Å²) in [6.07, 6.45) is 0. The molecule has 0 heterocycles. The first-order chi connectivity index (χ1) is 10.9. The van der Waals surface area contributed by atoms with Crippen LogP contribution >= 0.6 is 0 Å². The van der Waals surface area contributed by atoms with Crippen molar-refractivity contribution >= 4 is 13.3 Å². The van der Waals surface area contributed by atoms with Crippen LogP contribution in [0, 0.1) is 17.8 Å². The van der Waals surface area contributed by atoms with Gasteiger partial charge in [-0.2, -0.15) is 17.3 Å². The van der Waals surface area contributed by atoms with Crippen LogP contribution in [0.1, 0.15) is 41.5 Å². The molecule has 0 saturated carbocycles. The molecular formula is C20H43HfN3Si. The molecule has 0 aliphatic rings. The van der Waals surface area contributed by atoms with Gasteiger partial charge in [0.1, 0.15) is 0 Å². The molecule has 1 aromatic rings. The largest absolute Gasteiger partial charge is 4.00 e. The maximum Gasteiger partial charge on any atom is 4.00 e. The first-order valence-electron chi connectivity index (χ1n) is 9.08. The minimum absolute atomic E-state index is 0. The van der Waals surface area contributed by atoms with E-state index in [4.69, 9.17) is 17.2 Å². The summed E-state index contributed by atoms with van der Waals surface area (Å²) >= 11 is 0. The van der Waals surface area contributed by atoms with Crippen molar-refractivity contribution in [3.05, 3.63) is 41.5 Å². The van der Waals surface area contributed by atoms with E-state index in [9.17, 15) is 0 Å². The van der Waals surface area contributed by atoms with Crippen LogP contribution in [0.25, 0.3) is 17.2 Å². The van der Waals surface area contributed by atoms with Crippen LogP contribution in [-0.2, 0) is 25.8 Å². The molecule has 3 N–H and O–H groups in total. The fraction of sp³-hybridized carbons (Fsp3) is 0.750. The molecular weight excluding hydrogens is 489 g/mol. The second kappa shape index (κ2) is 20.6. The molecule has 0 amide bonds. The molecule has 5 heteroatoms.